The summed E-state index contributed by atoms with van der Waals surface area (Å²) in [5.74, 6) is -2.13. The predicted octanol–water partition coefficient (Wildman–Crippen LogP) is 3.34. The van der Waals surface area contributed by atoms with E-state index in [0.717, 1.165) is 30.3 Å². The lowest BCUT2D eigenvalue weighted by Gasteiger charge is -2.16. The van der Waals surface area contributed by atoms with Gasteiger partial charge in [-0.3, -0.25) is 9.59 Å². The summed E-state index contributed by atoms with van der Waals surface area (Å²) in [7, 11) is 0. The van der Waals surface area contributed by atoms with Crippen LogP contribution in [0, 0.1) is 11.6 Å². The van der Waals surface area contributed by atoms with E-state index in [0.29, 0.717) is 18.7 Å². The average molecular weight is 316 g/mol. The fraction of sp³-hybridized carbons (Fsp3) is 0.176. The number of carbonyl (C=O) groups excluding carboxylic acids is 2. The van der Waals surface area contributed by atoms with Gasteiger partial charge in [0.15, 0.2) is 0 Å². The Morgan fingerprint density at radius 3 is 2.48 bits per heavy atom. The van der Waals surface area contributed by atoms with Gasteiger partial charge in [0.25, 0.3) is 5.91 Å². The minimum Gasteiger partial charge on any atom is -0.322 e. The number of hydrogen-bond donors (Lipinski definition) is 1. The standard InChI is InChI=1S/C17H14F2N2O2/c18-11-3-8-15(19)14(10-11)17(23)20-12-4-6-13(7-5-12)21-9-1-2-16(21)22/h3-8,10H,1-2,9H2,(H,20,23). The number of hydrogen-bond acceptors (Lipinski definition) is 2. The highest BCUT2D eigenvalue weighted by atomic mass is 19.1. The third-order valence-corrected chi connectivity index (χ3v) is 3.68. The number of anilines is 2. The molecule has 0 aromatic heterocycles. The first-order chi connectivity index (χ1) is 11.0. The first kappa shape index (κ1) is 15.1. The molecule has 3 rings (SSSR count). The van der Waals surface area contributed by atoms with Gasteiger partial charge in [0.05, 0.1) is 5.56 Å². The van der Waals surface area contributed by atoms with Crippen molar-refractivity contribution in [1.82, 2.24) is 0 Å². The highest BCUT2D eigenvalue weighted by molar-refractivity contribution is 6.04. The average Bonchev–Trinajstić information content (AvgIpc) is 2.96. The van der Waals surface area contributed by atoms with Crippen LogP contribution in [-0.4, -0.2) is 18.4 Å². The van der Waals surface area contributed by atoms with E-state index in [2.05, 4.69) is 5.32 Å². The Balaban J connectivity index is 1.74. The molecule has 0 radical (unpaired) electrons. The molecule has 2 amide bonds. The molecule has 1 N–H and O–H groups in total. The smallest absolute Gasteiger partial charge is 0.258 e. The number of nitrogens with one attached hydrogen (secondary N) is 1. The van der Waals surface area contributed by atoms with Gasteiger partial charge in [-0.25, -0.2) is 8.78 Å². The number of halogens is 2. The molecule has 2 aromatic rings. The molecule has 1 aliphatic rings. The third-order valence-electron chi connectivity index (χ3n) is 3.68. The molecular weight excluding hydrogens is 302 g/mol. The van der Waals surface area contributed by atoms with Crippen LogP contribution >= 0.6 is 0 Å². The summed E-state index contributed by atoms with van der Waals surface area (Å²) in [6, 6.07) is 9.37. The molecular formula is C17H14F2N2O2. The summed E-state index contributed by atoms with van der Waals surface area (Å²) in [6.45, 7) is 0.680. The largest absolute Gasteiger partial charge is 0.322 e. The highest BCUT2D eigenvalue weighted by Crippen LogP contribution is 2.23. The molecule has 1 aliphatic heterocycles. The lowest BCUT2D eigenvalue weighted by atomic mass is 10.2. The zero-order valence-electron chi connectivity index (χ0n) is 12.2. The van der Waals surface area contributed by atoms with E-state index in [4.69, 9.17) is 0 Å². The Morgan fingerprint density at radius 2 is 1.83 bits per heavy atom. The van der Waals surface area contributed by atoms with E-state index in [9.17, 15) is 18.4 Å². The van der Waals surface area contributed by atoms with Crippen molar-refractivity contribution in [2.75, 3.05) is 16.8 Å². The molecule has 1 fully saturated rings. The van der Waals surface area contributed by atoms with Crippen LogP contribution in [0.4, 0.5) is 20.2 Å². The van der Waals surface area contributed by atoms with Crippen molar-refractivity contribution in [1.29, 1.82) is 0 Å². The predicted molar refractivity (Wildman–Crippen MR) is 82.3 cm³/mol. The second-order valence-corrected chi connectivity index (χ2v) is 5.27. The van der Waals surface area contributed by atoms with Crippen LogP contribution in [-0.2, 0) is 4.79 Å². The Bertz CT molecular complexity index is 760. The fourth-order valence-electron chi connectivity index (χ4n) is 2.52. The van der Waals surface area contributed by atoms with Crippen molar-refractivity contribution in [3.05, 3.63) is 59.7 Å². The molecule has 0 unspecified atom stereocenters. The van der Waals surface area contributed by atoms with E-state index in [1.165, 1.54) is 0 Å². The van der Waals surface area contributed by atoms with Crippen molar-refractivity contribution < 1.29 is 18.4 Å². The van der Waals surface area contributed by atoms with Crippen molar-refractivity contribution >= 4 is 23.2 Å². The quantitative estimate of drug-likeness (QED) is 0.944. The zero-order chi connectivity index (χ0) is 16.4. The SMILES string of the molecule is O=C(Nc1ccc(N2CCCC2=O)cc1)c1cc(F)ccc1F. The summed E-state index contributed by atoms with van der Waals surface area (Å²) in [5, 5.41) is 2.51. The van der Waals surface area contributed by atoms with Crippen molar-refractivity contribution in [2.24, 2.45) is 0 Å². The molecule has 1 saturated heterocycles. The van der Waals surface area contributed by atoms with Gasteiger partial charge >= 0.3 is 0 Å². The van der Waals surface area contributed by atoms with Crippen LogP contribution in [0.2, 0.25) is 0 Å². The molecule has 0 aliphatic carbocycles. The van der Waals surface area contributed by atoms with Gasteiger partial charge in [-0.2, -0.15) is 0 Å². The summed E-state index contributed by atoms with van der Waals surface area (Å²) >= 11 is 0. The van der Waals surface area contributed by atoms with Crippen LogP contribution in [0.5, 0.6) is 0 Å². The Morgan fingerprint density at radius 1 is 1.09 bits per heavy atom. The van der Waals surface area contributed by atoms with Gasteiger partial charge in [-0.15, -0.1) is 0 Å². The molecule has 0 bridgehead atoms. The van der Waals surface area contributed by atoms with Crippen LogP contribution in [0.1, 0.15) is 23.2 Å². The van der Waals surface area contributed by atoms with Crippen LogP contribution < -0.4 is 10.2 Å². The van der Waals surface area contributed by atoms with E-state index in [1.807, 2.05) is 0 Å². The second-order valence-electron chi connectivity index (χ2n) is 5.27. The van der Waals surface area contributed by atoms with Gasteiger partial charge in [0, 0.05) is 24.3 Å². The number of nitrogens with zero attached hydrogens (tertiary/aromatic N) is 1. The van der Waals surface area contributed by atoms with E-state index < -0.39 is 17.5 Å². The number of amides is 2. The summed E-state index contributed by atoms with van der Waals surface area (Å²) in [5.41, 5.74) is 0.834. The molecule has 1 heterocycles. The van der Waals surface area contributed by atoms with Crippen LogP contribution in [0.3, 0.4) is 0 Å². The lowest BCUT2D eigenvalue weighted by Crippen LogP contribution is -2.23. The van der Waals surface area contributed by atoms with Crippen molar-refractivity contribution in [3.63, 3.8) is 0 Å². The Labute approximate surface area is 131 Å². The van der Waals surface area contributed by atoms with Crippen LogP contribution in [0.25, 0.3) is 0 Å². The molecule has 4 nitrogen and oxygen atoms in total. The Kier molecular flexibility index (Phi) is 4.06. The van der Waals surface area contributed by atoms with Crippen LogP contribution in [0.15, 0.2) is 42.5 Å². The number of rotatable bonds is 3. The normalized spacial score (nSPS) is 14.2. The minimum atomic E-state index is -0.789. The minimum absolute atomic E-state index is 0.0728. The van der Waals surface area contributed by atoms with Gasteiger partial charge < -0.3 is 10.2 Å². The lowest BCUT2D eigenvalue weighted by molar-refractivity contribution is -0.117. The number of benzene rings is 2. The maximum absolute atomic E-state index is 13.6. The van der Waals surface area contributed by atoms with Crippen molar-refractivity contribution in [2.45, 2.75) is 12.8 Å². The van der Waals surface area contributed by atoms with E-state index >= 15 is 0 Å². The summed E-state index contributed by atoms with van der Waals surface area (Å²) in [4.78, 5) is 25.3. The first-order valence-electron chi connectivity index (χ1n) is 7.21. The molecule has 0 spiro atoms. The van der Waals surface area contributed by atoms with Gasteiger partial charge in [0.1, 0.15) is 11.6 Å². The second kappa shape index (κ2) is 6.16. The first-order valence-corrected chi connectivity index (χ1v) is 7.21. The van der Waals surface area contributed by atoms with Gasteiger partial charge in [-0.1, -0.05) is 0 Å². The number of carbonyl (C=O) groups is 2. The monoisotopic (exact) mass is 316 g/mol. The maximum Gasteiger partial charge on any atom is 0.258 e. The summed E-state index contributed by atoms with van der Waals surface area (Å²) < 4.78 is 26.7. The van der Waals surface area contributed by atoms with E-state index in [-0.39, 0.29) is 11.5 Å². The summed E-state index contributed by atoms with van der Waals surface area (Å²) in [6.07, 6.45) is 1.37. The fourth-order valence-corrected chi connectivity index (χ4v) is 2.52. The molecule has 6 heteroatoms. The maximum atomic E-state index is 13.6. The zero-order valence-corrected chi connectivity index (χ0v) is 12.2. The van der Waals surface area contributed by atoms with E-state index in [1.54, 1.807) is 29.2 Å². The molecule has 2 aromatic carbocycles. The molecule has 23 heavy (non-hydrogen) atoms. The van der Waals surface area contributed by atoms with Crippen molar-refractivity contribution in [3.8, 4) is 0 Å². The van der Waals surface area contributed by atoms with Gasteiger partial charge in [-0.05, 0) is 48.9 Å². The third kappa shape index (κ3) is 3.21. The van der Waals surface area contributed by atoms with Gasteiger partial charge in [0.2, 0.25) is 5.91 Å². The topological polar surface area (TPSA) is 49.4 Å². The highest BCUT2D eigenvalue weighted by Gasteiger charge is 2.21. The Hall–Kier alpha value is -2.76. The molecule has 118 valence electrons. The molecule has 0 atom stereocenters. The molecule has 0 saturated carbocycles.